The highest BCUT2D eigenvalue weighted by atomic mass is 35.5. The van der Waals surface area contributed by atoms with E-state index in [1.54, 1.807) is 0 Å². The molecule has 1 aliphatic rings. The monoisotopic (exact) mass is 267 g/mol. The molecule has 100 valence electrons. The fourth-order valence-corrected chi connectivity index (χ4v) is 2.55. The average molecular weight is 268 g/mol. The van der Waals surface area contributed by atoms with Gasteiger partial charge in [0.25, 0.3) is 0 Å². The zero-order valence-electron chi connectivity index (χ0n) is 11.2. The van der Waals surface area contributed by atoms with Gasteiger partial charge in [0, 0.05) is 18.2 Å². The molecule has 1 N–H and O–H groups in total. The van der Waals surface area contributed by atoms with Crippen LogP contribution in [-0.4, -0.2) is 12.1 Å². The highest BCUT2D eigenvalue weighted by molar-refractivity contribution is 6.32. The van der Waals surface area contributed by atoms with Crippen molar-refractivity contribution in [3.63, 3.8) is 0 Å². The lowest BCUT2D eigenvalue weighted by Crippen LogP contribution is -2.23. The highest BCUT2D eigenvalue weighted by Crippen LogP contribution is 2.32. The van der Waals surface area contributed by atoms with Gasteiger partial charge in [-0.1, -0.05) is 37.6 Å². The van der Waals surface area contributed by atoms with Crippen molar-refractivity contribution in [1.29, 1.82) is 0 Å². The van der Waals surface area contributed by atoms with Crippen LogP contribution in [-0.2, 0) is 6.54 Å². The fraction of sp³-hybridized carbons (Fsp3) is 0.600. The van der Waals surface area contributed by atoms with Crippen LogP contribution in [0.3, 0.4) is 0 Å². The van der Waals surface area contributed by atoms with Gasteiger partial charge in [0.1, 0.15) is 5.75 Å². The lowest BCUT2D eigenvalue weighted by atomic mass is 10.2. The molecule has 2 nitrogen and oxygen atoms in total. The van der Waals surface area contributed by atoms with Gasteiger partial charge in [0.2, 0.25) is 0 Å². The Morgan fingerprint density at radius 3 is 2.72 bits per heavy atom. The van der Waals surface area contributed by atoms with E-state index in [0.717, 1.165) is 35.7 Å². The molecule has 1 aliphatic carbocycles. The van der Waals surface area contributed by atoms with Crippen molar-refractivity contribution in [3.8, 4) is 5.75 Å². The van der Waals surface area contributed by atoms with Crippen molar-refractivity contribution < 1.29 is 4.74 Å². The van der Waals surface area contributed by atoms with Crippen molar-refractivity contribution in [2.75, 3.05) is 0 Å². The Hall–Kier alpha value is -0.730. The Kier molecular flexibility index (Phi) is 4.90. The second-order valence-corrected chi connectivity index (χ2v) is 5.70. The Bertz CT molecular complexity index is 386. The summed E-state index contributed by atoms with van der Waals surface area (Å²) in [6.45, 7) is 5.09. The molecule has 0 heterocycles. The smallest absolute Gasteiger partial charge is 0.142 e. The van der Waals surface area contributed by atoms with E-state index < -0.39 is 0 Å². The molecule has 0 bridgehead atoms. The van der Waals surface area contributed by atoms with Gasteiger partial charge in [0.05, 0.1) is 11.1 Å². The first-order valence-electron chi connectivity index (χ1n) is 6.84. The number of hydrogen-bond acceptors (Lipinski definition) is 2. The van der Waals surface area contributed by atoms with Crippen LogP contribution in [0.1, 0.15) is 45.1 Å². The Morgan fingerprint density at radius 1 is 1.33 bits per heavy atom. The summed E-state index contributed by atoms with van der Waals surface area (Å²) in [6.07, 6.45) is 5.20. The summed E-state index contributed by atoms with van der Waals surface area (Å²) >= 11 is 6.27. The second kappa shape index (κ2) is 6.44. The maximum absolute atomic E-state index is 6.27. The maximum Gasteiger partial charge on any atom is 0.142 e. The van der Waals surface area contributed by atoms with Crippen molar-refractivity contribution in [3.05, 3.63) is 28.8 Å². The quantitative estimate of drug-likeness (QED) is 0.865. The highest BCUT2D eigenvalue weighted by Gasteiger charge is 2.19. The summed E-state index contributed by atoms with van der Waals surface area (Å²) in [5, 5.41) is 4.14. The van der Waals surface area contributed by atoms with Crippen LogP contribution in [0.5, 0.6) is 5.75 Å². The molecular weight excluding hydrogens is 246 g/mol. The molecule has 0 spiro atoms. The Labute approximate surface area is 115 Å². The second-order valence-electron chi connectivity index (χ2n) is 5.29. The predicted molar refractivity (Wildman–Crippen MR) is 76.3 cm³/mol. The summed E-state index contributed by atoms with van der Waals surface area (Å²) in [4.78, 5) is 0. The van der Waals surface area contributed by atoms with Crippen LogP contribution in [0.15, 0.2) is 18.2 Å². The van der Waals surface area contributed by atoms with Gasteiger partial charge >= 0.3 is 0 Å². The number of rotatable bonds is 5. The molecule has 18 heavy (non-hydrogen) atoms. The van der Waals surface area contributed by atoms with Crippen molar-refractivity contribution in [2.45, 2.75) is 58.2 Å². The summed E-state index contributed by atoms with van der Waals surface area (Å²) < 4.78 is 6.10. The first-order chi connectivity index (χ1) is 8.66. The van der Waals surface area contributed by atoms with E-state index in [1.165, 1.54) is 12.8 Å². The molecule has 0 saturated heterocycles. The van der Waals surface area contributed by atoms with E-state index >= 15 is 0 Å². The van der Waals surface area contributed by atoms with Gasteiger partial charge in [-0.25, -0.2) is 0 Å². The van der Waals surface area contributed by atoms with Crippen molar-refractivity contribution in [1.82, 2.24) is 5.32 Å². The molecule has 1 aromatic rings. The maximum atomic E-state index is 6.27. The summed E-state index contributed by atoms with van der Waals surface area (Å²) in [5.74, 6) is 0.874. The number of benzene rings is 1. The normalized spacial score (nSPS) is 16.4. The summed E-state index contributed by atoms with van der Waals surface area (Å²) in [7, 11) is 0. The van der Waals surface area contributed by atoms with Crippen LogP contribution < -0.4 is 10.1 Å². The molecule has 3 heteroatoms. The van der Waals surface area contributed by atoms with E-state index in [9.17, 15) is 0 Å². The van der Waals surface area contributed by atoms with Gasteiger partial charge in [-0.15, -0.1) is 0 Å². The SMILES string of the molecule is CC(C)NCc1cccc(Cl)c1OC1CCCC1. The minimum Gasteiger partial charge on any atom is -0.489 e. The lowest BCUT2D eigenvalue weighted by molar-refractivity contribution is 0.207. The third kappa shape index (κ3) is 3.63. The van der Waals surface area contributed by atoms with E-state index in [1.807, 2.05) is 12.1 Å². The summed E-state index contributed by atoms with van der Waals surface area (Å²) in [6, 6.07) is 6.44. The average Bonchev–Trinajstić information content (AvgIpc) is 2.82. The predicted octanol–water partition coefficient (Wildman–Crippen LogP) is 4.16. The minimum atomic E-state index is 0.350. The topological polar surface area (TPSA) is 21.3 Å². The number of ether oxygens (including phenoxy) is 1. The zero-order valence-corrected chi connectivity index (χ0v) is 12.0. The molecule has 0 unspecified atom stereocenters. The fourth-order valence-electron chi connectivity index (χ4n) is 2.31. The Morgan fingerprint density at radius 2 is 2.06 bits per heavy atom. The molecule has 1 aromatic carbocycles. The molecule has 0 atom stereocenters. The van der Waals surface area contributed by atoms with Gasteiger partial charge in [0.15, 0.2) is 0 Å². The Balaban J connectivity index is 2.09. The molecule has 2 rings (SSSR count). The van der Waals surface area contributed by atoms with Gasteiger partial charge in [-0.2, -0.15) is 0 Å². The molecule has 0 radical (unpaired) electrons. The first-order valence-corrected chi connectivity index (χ1v) is 7.22. The standard InChI is InChI=1S/C15H22ClNO/c1-11(2)17-10-12-6-5-9-14(16)15(12)18-13-7-3-4-8-13/h5-6,9,11,13,17H,3-4,7-8,10H2,1-2H3. The van der Waals surface area contributed by atoms with Crippen LogP contribution >= 0.6 is 11.6 Å². The third-order valence-electron chi connectivity index (χ3n) is 3.34. The molecule has 0 aliphatic heterocycles. The van der Waals surface area contributed by atoms with Gasteiger partial charge < -0.3 is 10.1 Å². The number of nitrogens with one attached hydrogen (secondary N) is 1. The molecule has 0 aromatic heterocycles. The van der Waals surface area contributed by atoms with Crippen LogP contribution in [0.2, 0.25) is 5.02 Å². The van der Waals surface area contributed by atoms with E-state index in [-0.39, 0.29) is 0 Å². The van der Waals surface area contributed by atoms with E-state index in [0.29, 0.717) is 12.1 Å². The molecule has 1 fully saturated rings. The van der Waals surface area contributed by atoms with Gasteiger partial charge in [-0.3, -0.25) is 0 Å². The number of para-hydroxylation sites is 1. The molecule has 1 saturated carbocycles. The summed E-state index contributed by atoms with van der Waals surface area (Å²) in [5.41, 5.74) is 1.16. The zero-order chi connectivity index (χ0) is 13.0. The van der Waals surface area contributed by atoms with Crippen molar-refractivity contribution in [2.24, 2.45) is 0 Å². The van der Waals surface area contributed by atoms with E-state index in [2.05, 4.69) is 25.2 Å². The lowest BCUT2D eigenvalue weighted by Gasteiger charge is -2.18. The van der Waals surface area contributed by atoms with Crippen LogP contribution in [0, 0.1) is 0 Å². The largest absolute Gasteiger partial charge is 0.489 e. The molecular formula is C15H22ClNO. The minimum absolute atomic E-state index is 0.350. The van der Waals surface area contributed by atoms with E-state index in [4.69, 9.17) is 16.3 Å². The van der Waals surface area contributed by atoms with Crippen molar-refractivity contribution >= 4 is 11.6 Å². The first kappa shape index (κ1) is 13.7. The molecule has 0 amide bonds. The number of halogens is 1. The van der Waals surface area contributed by atoms with Crippen LogP contribution in [0.4, 0.5) is 0 Å². The third-order valence-corrected chi connectivity index (χ3v) is 3.63. The van der Waals surface area contributed by atoms with Gasteiger partial charge in [-0.05, 0) is 31.7 Å². The number of hydrogen-bond donors (Lipinski definition) is 1. The van der Waals surface area contributed by atoms with Crippen LogP contribution in [0.25, 0.3) is 0 Å².